The minimum Gasteiger partial charge on any atom is -0.495 e. The zero-order chi connectivity index (χ0) is 12.3. The first-order valence-corrected chi connectivity index (χ1v) is 6.19. The molecule has 1 fully saturated rings. The van der Waals surface area contributed by atoms with Gasteiger partial charge in [-0.3, -0.25) is 0 Å². The van der Waals surface area contributed by atoms with Crippen molar-refractivity contribution >= 4 is 11.6 Å². The first-order chi connectivity index (χ1) is 8.22. The van der Waals surface area contributed by atoms with Crippen LogP contribution in [-0.4, -0.2) is 25.4 Å². The zero-order valence-corrected chi connectivity index (χ0v) is 10.6. The third-order valence-corrected chi connectivity index (χ3v) is 3.47. The summed E-state index contributed by atoms with van der Waals surface area (Å²) < 4.78 is 10.5. The standard InChI is InChI=1S/C13H17ClO3/c1-16-12-7-9(4-5-11(12)14)13(15)10-3-2-6-17-8-10/h4-5,7,10,13,15H,2-3,6,8H2,1H3. The van der Waals surface area contributed by atoms with Crippen LogP contribution in [0.15, 0.2) is 18.2 Å². The third kappa shape index (κ3) is 2.92. The third-order valence-electron chi connectivity index (χ3n) is 3.16. The summed E-state index contributed by atoms with van der Waals surface area (Å²) in [6, 6.07) is 5.38. The Labute approximate surface area is 106 Å². The van der Waals surface area contributed by atoms with Gasteiger partial charge in [0.05, 0.1) is 24.8 Å². The number of halogens is 1. The van der Waals surface area contributed by atoms with Gasteiger partial charge < -0.3 is 14.6 Å². The van der Waals surface area contributed by atoms with Crippen molar-refractivity contribution in [2.24, 2.45) is 5.92 Å². The van der Waals surface area contributed by atoms with E-state index >= 15 is 0 Å². The molecule has 4 heteroatoms. The summed E-state index contributed by atoms with van der Waals surface area (Å²) in [4.78, 5) is 0. The molecule has 0 spiro atoms. The molecule has 0 aromatic heterocycles. The van der Waals surface area contributed by atoms with E-state index in [2.05, 4.69) is 0 Å². The molecule has 2 unspecified atom stereocenters. The molecule has 2 atom stereocenters. The number of hydrogen-bond acceptors (Lipinski definition) is 3. The van der Waals surface area contributed by atoms with Crippen molar-refractivity contribution in [1.29, 1.82) is 0 Å². The lowest BCUT2D eigenvalue weighted by atomic mass is 9.91. The van der Waals surface area contributed by atoms with Gasteiger partial charge in [-0.15, -0.1) is 0 Å². The second kappa shape index (κ2) is 5.71. The molecule has 1 saturated heterocycles. The summed E-state index contributed by atoms with van der Waals surface area (Å²) >= 11 is 5.96. The minimum atomic E-state index is -0.513. The molecule has 1 aromatic rings. The van der Waals surface area contributed by atoms with E-state index in [0.29, 0.717) is 17.4 Å². The highest BCUT2D eigenvalue weighted by atomic mass is 35.5. The number of hydrogen-bond donors (Lipinski definition) is 1. The summed E-state index contributed by atoms with van der Waals surface area (Å²) in [6.07, 6.45) is 1.49. The Bertz CT molecular complexity index is 375. The van der Waals surface area contributed by atoms with Crippen LogP contribution in [0.3, 0.4) is 0 Å². The van der Waals surface area contributed by atoms with Crippen molar-refractivity contribution in [3.05, 3.63) is 28.8 Å². The van der Waals surface area contributed by atoms with Crippen LogP contribution >= 0.6 is 11.6 Å². The van der Waals surface area contributed by atoms with Gasteiger partial charge in [0, 0.05) is 12.5 Å². The lowest BCUT2D eigenvalue weighted by Crippen LogP contribution is -2.23. The smallest absolute Gasteiger partial charge is 0.137 e. The molecule has 1 aromatic carbocycles. The predicted molar refractivity (Wildman–Crippen MR) is 66.5 cm³/mol. The van der Waals surface area contributed by atoms with Crippen molar-refractivity contribution < 1.29 is 14.6 Å². The quantitative estimate of drug-likeness (QED) is 0.904. The van der Waals surface area contributed by atoms with Gasteiger partial charge in [0.15, 0.2) is 0 Å². The van der Waals surface area contributed by atoms with E-state index < -0.39 is 6.10 Å². The Balaban J connectivity index is 2.15. The van der Waals surface area contributed by atoms with Gasteiger partial charge in [-0.1, -0.05) is 17.7 Å². The van der Waals surface area contributed by atoms with E-state index in [1.807, 2.05) is 6.07 Å². The Morgan fingerprint density at radius 3 is 3.00 bits per heavy atom. The summed E-state index contributed by atoms with van der Waals surface area (Å²) in [5, 5.41) is 10.8. The SMILES string of the molecule is COc1cc(C(O)C2CCCOC2)ccc1Cl. The number of methoxy groups -OCH3 is 1. The molecule has 1 aliphatic heterocycles. The van der Waals surface area contributed by atoms with Crippen molar-refractivity contribution in [1.82, 2.24) is 0 Å². The molecule has 94 valence electrons. The van der Waals surface area contributed by atoms with Crippen molar-refractivity contribution in [3.63, 3.8) is 0 Å². The Morgan fingerprint density at radius 2 is 2.35 bits per heavy atom. The molecule has 17 heavy (non-hydrogen) atoms. The molecular formula is C13H17ClO3. The highest BCUT2D eigenvalue weighted by Gasteiger charge is 2.24. The number of rotatable bonds is 3. The van der Waals surface area contributed by atoms with Crippen LogP contribution in [0.25, 0.3) is 0 Å². The predicted octanol–water partition coefficient (Wildman–Crippen LogP) is 2.81. The number of aliphatic hydroxyl groups is 1. The Morgan fingerprint density at radius 1 is 1.53 bits per heavy atom. The van der Waals surface area contributed by atoms with E-state index in [0.717, 1.165) is 25.0 Å². The molecule has 1 aliphatic rings. The van der Waals surface area contributed by atoms with Crippen LogP contribution in [0, 0.1) is 5.92 Å². The van der Waals surface area contributed by atoms with Gasteiger partial charge in [0.25, 0.3) is 0 Å². The molecule has 1 N–H and O–H groups in total. The fraction of sp³-hybridized carbons (Fsp3) is 0.538. The lowest BCUT2D eigenvalue weighted by molar-refractivity contribution is -0.0100. The highest BCUT2D eigenvalue weighted by molar-refractivity contribution is 6.32. The first kappa shape index (κ1) is 12.7. The Hall–Kier alpha value is -0.770. The van der Waals surface area contributed by atoms with E-state index in [-0.39, 0.29) is 5.92 Å². The van der Waals surface area contributed by atoms with Gasteiger partial charge in [0.1, 0.15) is 5.75 Å². The van der Waals surface area contributed by atoms with Crippen LogP contribution in [0.4, 0.5) is 0 Å². The maximum absolute atomic E-state index is 10.3. The van der Waals surface area contributed by atoms with Crippen molar-refractivity contribution in [2.45, 2.75) is 18.9 Å². The Kier molecular flexibility index (Phi) is 4.26. The van der Waals surface area contributed by atoms with Crippen LogP contribution in [0.1, 0.15) is 24.5 Å². The summed E-state index contributed by atoms with van der Waals surface area (Å²) in [5.41, 5.74) is 0.835. The van der Waals surface area contributed by atoms with Crippen molar-refractivity contribution in [3.8, 4) is 5.75 Å². The molecule has 1 heterocycles. The van der Waals surface area contributed by atoms with Crippen LogP contribution in [0.5, 0.6) is 5.75 Å². The van der Waals surface area contributed by atoms with Gasteiger partial charge in [-0.2, -0.15) is 0 Å². The minimum absolute atomic E-state index is 0.162. The topological polar surface area (TPSA) is 38.7 Å². The van der Waals surface area contributed by atoms with Crippen molar-refractivity contribution in [2.75, 3.05) is 20.3 Å². The highest BCUT2D eigenvalue weighted by Crippen LogP contribution is 2.33. The van der Waals surface area contributed by atoms with Crippen LogP contribution in [0.2, 0.25) is 5.02 Å². The summed E-state index contributed by atoms with van der Waals surface area (Å²) in [5.74, 6) is 0.759. The second-order valence-corrected chi connectivity index (χ2v) is 4.72. The number of ether oxygens (including phenoxy) is 2. The van der Waals surface area contributed by atoms with E-state index in [9.17, 15) is 5.11 Å². The number of benzene rings is 1. The van der Waals surface area contributed by atoms with Gasteiger partial charge >= 0.3 is 0 Å². The molecule has 2 rings (SSSR count). The first-order valence-electron chi connectivity index (χ1n) is 5.81. The summed E-state index contributed by atoms with van der Waals surface area (Å²) in [7, 11) is 1.57. The maximum atomic E-state index is 10.3. The zero-order valence-electron chi connectivity index (χ0n) is 9.86. The van der Waals surface area contributed by atoms with Crippen LogP contribution in [-0.2, 0) is 4.74 Å². The molecular weight excluding hydrogens is 240 g/mol. The molecule has 0 amide bonds. The molecule has 0 bridgehead atoms. The van der Waals surface area contributed by atoms with Crippen LogP contribution < -0.4 is 4.74 Å². The normalized spacial score (nSPS) is 22.2. The largest absolute Gasteiger partial charge is 0.495 e. The van der Waals surface area contributed by atoms with E-state index in [4.69, 9.17) is 21.1 Å². The fourth-order valence-electron chi connectivity index (χ4n) is 2.15. The summed E-state index contributed by atoms with van der Waals surface area (Å²) in [6.45, 7) is 1.42. The average molecular weight is 257 g/mol. The van der Waals surface area contributed by atoms with E-state index in [1.165, 1.54) is 0 Å². The average Bonchev–Trinajstić information content (AvgIpc) is 2.39. The maximum Gasteiger partial charge on any atom is 0.137 e. The molecule has 0 aliphatic carbocycles. The van der Waals surface area contributed by atoms with Gasteiger partial charge in [-0.05, 0) is 30.5 Å². The van der Waals surface area contributed by atoms with Gasteiger partial charge in [-0.25, -0.2) is 0 Å². The van der Waals surface area contributed by atoms with Gasteiger partial charge in [0.2, 0.25) is 0 Å². The molecule has 0 saturated carbocycles. The lowest BCUT2D eigenvalue weighted by Gasteiger charge is -2.27. The van der Waals surface area contributed by atoms with E-state index in [1.54, 1.807) is 19.2 Å². The monoisotopic (exact) mass is 256 g/mol. The number of aliphatic hydroxyl groups excluding tert-OH is 1. The fourth-order valence-corrected chi connectivity index (χ4v) is 2.34. The molecule has 3 nitrogen and oxygen atoms in total. The molecule has 0 radical (unpaired) electrons. The second-order valence-electron chi connectivity index (χ2n) is 4.32.